The van der Waals surface area contributed by atoms with Crippen molar-refractivity contribution in [3.8, 4) is 16.9 Å². The predicted octanol–water partition coefficient (Wildman–Crippen LogP) is 1.76. The molecule has 5 heteroatoms. The van der Waals surface area contributed by atoms with Crippen molar-refractivity contribution < 1.29 is 14.7 Å². The molecule has 1 heterocycles. The average Bonchev–Trinajstić information content (AvgIpc) is 2.87. The number of nitrogens with one attached hydrogen (secondary N) is 2. The number of rotatable bonds is 0. The van der Waals surface area contributed by atoms with Crippen molar-refractivity contribution in [1.82, 2.24) is 10.6 Å². The number of hydrogen-bond acceptors (Lipinski definition) is 3. The Morgan fingerprint density at radius 3 is 2.33 bits per heavy atom. The van der Waals surface area contributed by atoms with Crippen molar-refractivity contribution >= 4 is 11.9 Å². The van der Waals surface area contributed by atoms with Gasteiger partial charge in [-0.25, -0.2) is 4.79 Å². The van der Waals surface area contributed by atoms with Crippen molar-refractivity contribution in [3.05, 3.63) is 53.1 Å². The fraction of sp³-hybridized carbons (Fsp3) is 0.125. The Hall–Kier alpha value is -2.82. The van der Waals surface area contributed by atoms with Crippen molar-refractivity contribution in [2.24, 2.45) is 0 Å². The lowest BCUT2D eigenvalue weighted by Gasteiger charge is -2.23. The molecule has 1 saturated heterocycles. The highest BCUT2D eigenvalue weighted by molar-refractivity contribution is 6.13. The molecule has 1 spiro atoms. The fourth-order valence-corrected chi connectivity index (χ4v) is 3.26. The van der Waals surface area contributed by atoms with Crippen molar-refractivity contribution in [1.29, 1.82) is 0 Å². The Morgan fingerprint density at radius 2 is 1.67 bits per heavy atom. The van der Waals surface area contributed by atoms with Crippen LogP contribution in [0.25, 0.3) is 11.1 Å². The monoisotopic (exact) mass is 280 g/mol. The minimum absolute atomic E-state index is 0.0617. The van der Waals surface area contributed by atoms with Crippen LogP contribution in [0.5, 0.6) is 5.75 Å². The highest BCUT2D eigenvalue weighted by Gasteiger charge is 2.54. The van der Waals surface area contributed by atoms with Gasteiger partial charge in [0.2, 0.25) is 0 Å². The topological polar surface area (TPSA) is 78.4 Å². The van der Waals surface area contributed by atoms with Crippen LogP contribution in [0.15, 0.2) is 36.4 Å². The lowest BCUT2D eigenvalue weighted by Crippen LogP contribution is -2.43. The third kappa shape index (κ3) is 1.35. The Kier molecular flexibility index (Phi) is 2.07. The van der Waals surface area contributed by atoms with Crippen LogP contribution < -0.4 is 10.6 Å². The molecule has 0 aromatic heterocycles. The second kappa shape index (κ2) is 3.63. The summed E-state index contributed by atoms with van der Waals surface area (Å²) in [6.07, 6.45) is 0. The van der Waals surface area contributed by atoms with E-state index in [1.807, 2.05) is 25.1 Å². The molecule has 2 aromatic carbocycles. The van der Waals surface area contributed by atoms with E-state index >= 15 is 0 Å². The number of carbonyl (C=O) groups is 2. The van der Waals surface area contributed by atoms with Crippen LogP contribution in [-0.2, 0) is 10.3 Å². The molecule has 2 aromatic rings. The molecule has 1 unspecified atom stereocenters. The second-order valence-corrected chi connectivity index (χ2v) is 5.44. The normalized spacial score (nSPS) is 22.0. The number of amides is 3. The van der Waals surface area contributed by atoms with Gasteiger partial charge in [0.15, 0.2) is 5.54 Å². The number of aryl methyl sites for hydroxylation is 1. The van der Waals surface area contributed by atoms with Crippen molar-refractivity contribution in [2.45, 2.75) is 12.5 Å². The molecule has 3 amide bonds. The standard InChI is InChI=1S/C16H12N2O3/c1-8-2-4-10-11-5-3-9(19)7-13(11)16(12(10)6-8)14(20)17-15(21)18-16/h2-7,19H,1H3,(H2,17,18,20,21). The maximum absolute atomic E-state index is 12.5. The van der Waals surface area contributed by atoms with E-state index in [1.165, 1.54) is 6.07 Å². The first kappa shape index (κ1) is 12.0. The lowest BCUT2D eigenvalue weighted by atomic mass is 9.87. The van der Waals surface area contributed by atoms with Crippen LogP contribution in [0.2, 0.25) is 0 Å². The molecule has 5 nitrogen and oxygen atoms in total. The quantitative estimate of drug-likeness (QED) is 0.643. The van der Waals surface area contributed by atoms with Crippen LogP contribution in [0, 0.1) is 6.92 Å². The van der Waals surface area contributed by atoms with E-state index in [2.05, 4.69) is 10.6 Å². The Morgan fingerprint density at radius 1 is 1.00 bits per heavy atom. The summed E-state index contributed by atoms with van der Waals surface area (Å²) in [5.74, 6) is -0.352. The molecular weight excluding hydrogens is 268 g/mol. The number of aromatic hydroxyl groups is 1. The molecular formula is C16H12N2O3. The van der Waals surface area contributed by atoms with Gasteiger partial charge in [-0.1, -0.05) is 29.8 Å². The third-order valence-corrected chi connectivity index (χ3v) is 4.15. The molecule has 1 aliphatic heterocycles. The number of benzene rings is 2. The van der Waals surface area contributed by atoms with Gasteiger partial charge in [-0.15, -0.1) is 0 Å². The first-order valence-corrected chi connectivity index (χ1v) is 6.61. The van der Waals surface area contributed by atoms with Gasteiger partial charge >= 0.3 is 6.03 Å². The molecule has 4 rings (SSSR count). The number of hydrogen-bond donors (Lipinski definition) is 3. The van der Waals surface area contributed by atoms with E-state index in [9.17, 15) is 14.7 Å². The number of phenols is 1. The summed E-state index contributed by atoms with van der Waals surface area (Å²) >= 11 is 0. The molecule has 2 aliphatic rings. The summed E-state index contributed by atoms with van der Waals surface area (Å²) in [5, 5.41) is 14.8. The first-order valence-electron chi connectivity index (χ1n) is 6.61. The molecule has 1 aliphatic carbocycles. The van der Waals surface area contributed by atoms with Gasteiger partial charge in [-0.2, -0.15) is 0 Å². The van der Waals surface area contributed by atoms with Gasteiger partial charge in [0.25, 0.3) is 5.91 Å². The maximum Gasteiger partial charge on any atom is 0.322 e. The van der Waals surface area contributed by atoms with E-state index in [4.69, 9.17) is 0 Å². The summed E-state index contributed by atoms with van der Waals surface area (Å²) in [6.45, 7) is 1.93. The summed E-state index contributed by atoms with van der Waals surface area (Å²) in [6, 6.07) is 10.2. The predicted molar refractivity (Wildman–Crippen MR) is 75.7 cm³/mol. The zero-order valence-corrected chi connectivity index (χ0v) is 11.2. The van der Waals surface area contributed by atoms with Crippen LogP contribution in [-0.4, -0.2) is 17.0 Å². The Labute approximate surface area is 120 Å². The molecule has 0 bridgehead atoms. The van der Waals surface area contributed by atoms with Crippen LogP contribution in [0.1, 0.15) is 16.7 Å². The van der Waals surface area contributed by atoms with E-state index < -0.39 is 17.5 Å². The number of carbonyl (C=O) groups excluding carboxylic acids is 2. The van der Waals surface area contributed by atoms with Crippen LogP contribution in [0.4, 0.5) is 4.79 Å². The molecule has 3 N–H and O–H groups in total. The molecule has 0 saturated carbocycles. The average molecular weight is 280 g/mol. The number of imide groups is 1. The number of fused-ring (bicyclic) bond motifs is 5. The smallest absolute Gasteiger partial charge is 0.322 e. The van der Waals surface area contributed by atoms with Gasteiger partial charge in [-0.3, -0.25) is 10.1 Å². The van der Waals surface area contributed by atoms with Gasteiger partial charge in [0, 0.05) is 5.56 Å². The molecule has 1 atom stereocenters. The van der Waals surface area contributed by atoms with Gasteiger partial charge in [0.05, 0.1) is 0 Å². The van der Waals surface area contributed by atoms with Crippen LogP contribution >= 0.6 is 0 Å². The third-order valence-electron chi connectivity index (χ3n) is 4.15. The van der Waals surface area contributed by atoms with Gasteiger partial charge in [-0.05, 0) is 35.7 Å². The summed E-state index contributed by atoms with van der Waals surface area (Å²) < 4.78 is 0. The molecule has 104 valence electrons. The van der Waals surface area contributed by atoms with E-state index in [1.54, 1.807) is 12.1 Å². The molecule has 0 radical (unpaired) electrons. The van der Waals surface area contributed by atoms with Crippen LogP contribution in [0.3, 0.4) is 0 Å². The zero-order valence-electron chi connectivity index (χ0n) is 11.2. The number of urea groups is 1. The maximum atomic E-state index is 12.5. The van der Waals surface area contributed by atoms with Crippen molar-refractivity contribution in [3.63, 3.8) is 0 Å². The highest BCUT2D eigenvalue weighted by atomic mass is 16.3. The van der Waals surface area contributed by atoms with E-state index in [0.717, 1.165) is 22.3 Å². The minimum atomic E-state index is -1.24. The molecule has 21 heavy (non-hydrogen) atoms. The second-order valence-electron chi connectivity index (χ2n) is 5.44. The zero-order chi connectivity index (χ0) is 14.8. The largest absolute Gasteiger partial charge is 0.508 e. The SMILES string of the molecule is Cc1ccc2c(c1)C1(NC(=O)NC1=O)c1cc(O)ccc1-2. The number of phenolic OH excluding ortho intramolecular Hbond substituents is 1. The van der Waals surface area contributed by atoms with Gasteiger partial charge < -0.3 is 10.4 Å². The summed E-state index contributed by atoms with van der Waals surface area (Å²) in [4.78, 5) is 24.2. The highest BCUT2D eigenvalue weighted by Crippen LogP contribution is 2.49. The van der Waals surface area contributed by atoms with Crippen molar-refractivity contribution in [2.75, 3.05) is 0 Å². The Balaban J connectivity index is 2.12. The first-order chi connectivity index (χ1) is 10.0. The summed E-state index contributed by atoms with van der Waals surface area (Å²) in [5.41, 5.74) is 2.84. The summed E-state index contributed by atoms with van der Waals surface area (Å²) in [7, 11) is 0. The molecule has 1 fully saturated rings. The Bertz CT molecular complexity index is 775. The fourth-order valence-electron chi connectivity index (χ4n) is 3.26. The van der Waals surface area contributed by atoms with E-state index in [0.29, 0.717) is 5.56 Å². The minimum Gasteiger partial charge on any atom is -0.508 e. The van der Waals surface area contributed by atoms with E-state index in [-0.39, 0.29) is 5.75 Å². The lowest BCUT2D eigenvalue weighted by molar-refractivity contribution is -0.122. The van der Waals surface area contributed by atoms with Gasteiger partial charge in [0.1, 0.15) is 5.75 Å².